The van der Waals surface area contributed by atoms with Crippen molar-refractivity contribution in [1.82, 2.24) is 19.5 Å². The molecule has 0 amide bonds. The maximum absolute atomic E-state index is 5.45. The first-order chi connectivity index (χ1) is 26.3. The van der Waals surface area contributed by atoms with Gasteiger partial charge in [-0.25, -0.2) is 9.97 Å². The number of fused-ring (bicyclic) bond motifs is 9. The van der Waals surface area contributed by atoms with Gasteiger partial charge in [0, 0.05) is 60.6 Å². The van der Waals surface area contributed by atoms with Crippen LogP contribution in [0.3, 0.4) is 0 Å². The molecule has 0 atom stereocenters. The molecule has 0 bridgehead atoms. The molecule has 0 unspecified atom stereocenters. The molecule has 0 saturated heterocycles. The molecule has 0 fully saturated rings. The van der Waals surface area contributed by atoms with Crippen molar-refractivity contribution in [3.05, 3.63) is 182 Å². The normalized spacial score (nSPS) is 11.8. The average molecular weight is 678 g/mol. The molecule has 8 aromatic carbocycles. The maximum atomic E-state index is 5.45. The standard InChI is InChI=1S/C48H31N5/c1-3-13-33(14-4-1)52(34-15-5-2-6-16-34)35-25-27-38-37-17-9-12-22-44(37)53(45(38)30-35)48-50-42-21-11-8-19-40(42)47(51-48)32-23-26-36-31(29-32)24-28-43-46(36)39-18-7-10-20-41(39)49-43/h1-30,49H. The summed E-state index contributed by atoms with van der Waals surface area (Å²) in [4.78, 5) is 16.6. The number of para-hydroxylation sites is 5. The van der Waals surface area contributed by atoms with E-state index in [-0.39, 0.29) is 0 Å². The van der Waals surface area contributed by atoms with Crippen LogP contribution in [0.1, 0.15) is 0 Å². The second-order valence-corrected chi connectivity index (χ2v) is 13.5. The molecule has 0 spiro atoms. The van der Waals surface area contributed by atoms with Gasteiger partial charge in [-0.3, -0.25) is 4.57 Å². The number of benzene rings is 8. The summed E-state index contributed by atoms with van der Waals surface area (Å²) in [6, 6.07) is 64.3. The summed E-state index contributed by atoms with van der Waals surface area (Å²) in [5.74, 6) is 0.639. The first-order valence-electron chi connectivity index (χ1n) is 17.9. The van der Waals surface area contributed by atoms with Gasteiger partial charge in [-0.2, -0.15) is 0 Å². The van der Waals surface area contributed by atoms with E-state index in [4.69, 9.17) is 9.97 Å². The highest BCUT2D eigenvalue weighted by molar-refractivity contribution is 6.20. The molecule has 0 radical (unpaired) electrons. The van der Waals surface area contributed by atoms with Crippen LogP contribution in [0.15, 0.2) is 182 Å². The van der Waals surface area contributed by atoms with Gasteiger partial charge >= 0.3 is 0 Å². The van der Waals surface area contributed by atoms with E-state index >= 15 is 0 Å². The van der Waals surface area contributed by atoms with Crippen LogP contribution < -0.4 is 4.90 Å². The topological polar surface area (TPSA) is 49.7 Å². The lowest BCUT2D eigenvalue weighted by Gasteiger charge is -2.25. The van der Waals surface area contributed by atoms with Gasteiger partial charge in [-0.05, 0) is 77.5 Å². The van der Waals surface area contributed by atoms with E-state index < -0.39 is 0 Å². The van der Waals surface area contributed by atoms with Crippen LogP contribution in [-0.4, -0.2) is 19.5 Å². The van der Waals surface area contributed by atoms with E-state index in [1.165, 1.54) is 21.5 Å². The van der Waals surface area contributed by atoms with E-state index in [0.717, 1.165) is 72.1 Å². The monoisotopic (exact) mass is 677 g/mol. The minimum Gasteiger partial charge on any atom is -0.354 e. The Kier molecular flexibility index (Phi) is 6.48. The zero-order valence-electron chi connectivity index (χ0n) is 28.6. The quantitative estimate of drug-likeness (QED) is 0.197. The number of nitrogens with one attached hydrogen (secondary N) is 1. The molecule has 0 aliphatic carbocycles. The summed E-state index contributed by atoms with van der Waals surface area (Å²) in [5.41, 5.74) is 10.5. The molecule has 11 rings (SSSR count). The Morgan fingerprint density at radius 2 is 1.09 bits per heavy atom. The third-order valence-electron chi connectivity index (χ3n) is 10.5. The van der Waals surface area contributed by atoms with Crippen molar-refractivity contribution in [2.24, 2.45) is 0 Å². The Bertz CT molecular complexity index is 3140. The van der Waals surface area contributed by atoms with Crippen molar-refractivity contribution in [3.8, 4) is 17.2 Å². The summed E-state index contributed by atoms with van der Waals surface area (Å²) < 4.78 is 2.23. The van der Waals surface area contributed by atoms with E-state index in [9.17, 15) is 0 Å². The Hall–Kier alpha value is -7.24. The molecular formula is C48H31N5. The molecule has 5 heteroatoms. The van der Waals surface area contributed by atoms with Gasteiger partial charge in [0.15, 0.2) is 0 Å². The number of rotatable bonds is 5. The van der Waals surface area contributed by atoms with Crippen LogP contribution in [0.4, 0.5) is 17.1 Å². The summed E-state index contributed by atoms with van der Waals surface area (Å²) >= 11 is 0. The van der Waals surface area contributed by atoms with Crippen molar-refractivity contribution in [3.63, 3.8) is 0 Å². The molecular weight excluding hydrogens is 647 g/mol. The van der Waals surface area contributed by atoms with Gasteiger partial charge in [0.05, 0.1) is 22.2 Å². The number of hydrogen-bond acceptors (Lipinski definition) is 3. The predicted molar refractivity (Wildman–Crippen MR) is 221 cm³/mol. The van der Waals surface area contributed by atoms with Crippen LogP contribution in [0.2, 0.25) is 0 Å². The minimum atomic E-state index is 0.639. The fourth-order valence-corrected chi connectivity index (χ4v) is 8.13. The first kappa shape index (κ1) is 29.5. The molecule has 0 aliphatic heterocycles. The van der Waals surface area contributed by atoms with Crippen molar-refractivity contribution in [1.29, 1.82) is 0 Å². The Balaban J connectivity index is 1.15. The molecule has 3 heterocycles. The van der Waals surface area contributed by atoms with Gasteiger partial charge in [0.2, 0.25) is 5.95 Å². The van der Waals surface area contributed by atoms with Crippen molar-refractivity contribution < 1.29 is 0 Å². The number of aromatic amines is 1. The number of hydrogen-bond donors (Lipinski definition) is 1. The van der Waals surface area contributed by atoms with Crippen molar-refractivity contribution in [2.75, 3.05) is 4.90 Å². The number of H-pyrrole nitrogens is 1. The summed E-state index contributed by atoms with van der Waals surface area (Å²) in [5, 5.41) is 8.21. The molecule has 3 aromatic heterocycles. The van der Waals surface area contributed by atoms with Gasteiger partial charge in [-0.1, -0.05) is 115 Å². The lowest BCUT2D eigenvalue weighted by Crippen LogP contribution is -2.10. The van der Waals surface area contributed by atoms with E-state index in [1.54, 1.807) is 0 Å². The van der Waals surface area contributed by atoms with Crippen LogP contribution >= 0.6 is 0 Å². The van der Waals surface area contributed by atoms with Crippen molar-refractivity contribution in [2.45, 2.75) is 0 Å². The average Bonchev–Trinajstić information content (AvgIpc) is 3.77. The molecule has 11 aromatic rings. The lowest BCUT2D eigenvalue weighted by atomic mass is 9.99. The van der Waals surface area contributed by atoms with Gasteiger partial charge in [-0.15, -0.1) is 0 Å². The van der Waals surface area contributed by atoms with E-state index in [2.05, 4.69) is 196 Å². The number of aromatic nitrogens is 4. The second kappa shape index (κ2) is 11.7. The largest absolute Gasteiger partial charge is 0.354 e. The summed E-state index contributed by atoms with van der Waals surface area (Å²) in [6.07, 6.45) is 0. The lowest BCUT2D eigenvalue weighted by molar-refractivity contribution is 1.01. The van der Waals surface area contributed by atoms with Crippen LogP contribution in [0.25, 0.3) is 82.5 Å². The Morgan fingerprint density at radius 1 is 0.434 bits per heavy atom. The summed E-state index contributed by atoms with van der Waals surface area (Å²) in [6.45, 7) is 0. The predicted octanol–water partition coefficient (Wildman–Crippen LogP) is 12.7. The molecule has 248 valence electrons. The molecule has 0 aliphatic rings. The smallest absolute Gasteiger partial charge is 0.235 e. The number of anilines is 3. The van der Waals surface area contributed by atoms with Crippen molar-refractivity contribution >= 4 is 82.3 Å². The Labute approximate surface area is 305 Å². The third-order valence-corrected chi connectivity index (χ3v) is 10.5. The molecule has 1 N–H and O–H groups in total. The van der Waals surface area contributed by atoms with Crippen LogP contribution in [0.5, 0.6) is 0 Å². The van der Waals surface area contributed by atoms with Gasteiger partial charge < -0.3 is 9.88 Å². The first-order valence-corrected chi connectivity index (χ1v) is 17.9. The van der Waals surface area contributed by atoms with Crippen LogP contribution in [-0.2, 0) is 0 Å². The van der Waals surface area contributed by atoms with Crippen LogP contribution in [0, 0.1) is 0 Å². The zero-order chi connectivity index (χ0) is 34.9. The number of nitrogens with zero attached hydrogens (tertiary/aromatic N) is 4. The van der Waals surface area contributed by atoms with E-state index in [0.29, 0.717) is 5.95 Å². The maximum Gasteiger partial charge on any atom is 0.235 e. The highest BCUT2D eigenvalue weighted by Crippen LogP contribution is 2.40. The Morgan fingerprint density at radius 3 is 1.91 bits per heavy atom. The minimum absolute atomic E-state index is 0.639. The SMILES string of the molecule is c1ccc(N(c2ccccc2)c2ccc3c4ccccc4n(-c4nc(-c5ccc6c(ccc7[nH]c8ccccc8c76)c5)c5ccccc5n4)c3c2)cc1. The van der Waals surface area contributed by atoms with Gasteiger partial charge in [0.25, 0.3) is 0 Å². The fraction of sp³-hybridized carbons (Fsp3) is 0. The second-order valence-electron chi connectivity index (χ2n) is 13.5. The zero-order valence-corrected chi connectivity index (χ0v) is 28.6. The third kappa shape index (κ3) is 4.64. The van der Waals surface area contributed by atoms with Gasteiger partial charge in [0.1, 0.15) is 0 Å². The fourth-order valence-electron chi connectivity index (χ4n) is 8.13. The molecule has 0 saturated carbocycles. The highest BCUT2D eigenvalue weighted by Gasteiger charge is 2.20. The highest BCUT2D eigenvalue weighted by atomic mass is 15.2. The summed E-state index contributed by atoms with van der Waals surface area (Å²) in [7, 11) is 0. The molecule has 53 heavy (non-hydrogen) atoms. The van der Waals surface area contributed by atoms with E-state index in [1.807, 2.05) is 0 Å². The molecule has 5 nitrogen and oxygen atoms in total.